The minimum atomic E-state index is -0.929. The Kier molecular flexibility index (Phi) is 3.96. The predicted molar refractivity (Wildman–Crippen MR) is 62.7 cm³/mol. The highest BCUT2D eigenvalue weighted by Crippen LogP contribution is 2.17. The molecule has 84 valence electrons. The molecule has 0 spiro atoms. The second kappa shape index (κ2) is 5.22. The van der Waals surface area contributed by atoms with Crippen molar-refractivity contribution in [1.29, 1.82) is 0 Å². The van der Waals surface area contributed by atoms with Crippen molar-refractivity contribution in [3.8, 4) is 12.3 Å². The molecule has 1 aromatic carbocycles. The summed E-state index contributed by atoms with van der Waals surface area (Å²) in [7, 11) is 0. The van der Waals surface area contributed by atoms with Crippen LogP contribution in [0.2, 0.25) is 0 Å². The highest BCUT2D eigenvalue weighted by molar-refractivity contribution is 5.65. The molecule has 1 unspecified atom stereocenters. The molecule has 0 heterocycles. The number of amides is 1. The first-order valence-corrected chi connectivity index (χ1v) is 5.06. The number of benzene rings is 1. The SMILES string of the molecule is C#CC(C)(CCc1ccccc1)OC(N)=O. The Hall–Kier alpha value is -1.95. The van der Waals surface area contributed by atoms with Gasteiger partial charge in [0.25, 0.3) is 0 Å². The molecule has 0 aliphatic rings. The highest BCUT2D eigenvalue weighted by Gasteiger charge is 2.24. The number of ether oxygens (including phenoxy) is 1. The Morgan fingerprint density at radius 3 is 2.62 bits per heavy atom. The lowest BCUT2D eigenvalue weighted by Gasteiger charge is -2.22. The van der Waals surface area contributed by atoms with Gasteiger partial charge in [0.15, 0.2) is 5.60 Å². The molecular formula is C13H15NO2. The molecule has 0 aliphatic heterocycles. The Balaban J connectivity index is 2.59. The second-order valence-corrected chi connectivity index (χ2v) is 3.78. The van der Waals surface area contributed by atoms with Gasteiger partial charge in [-0.1, -0.05) is 36.3 Å². The molecular weight excluding hydrogens is 202 g/mol. The van der Waals surface area contributed by atoms with Crippen molar-refractivity contribution in [2.24, 2.45) is 5.73 Å². The van der Waals surface area contributed by atoms with E-state index in [0.29, 0.717) is 6.42 Å². The van der Waals surface area contributed by atoms with Gasteiger partial charge < -0.3 is 10.5 Å². The molecule has 1 aromatic rings. The van der Waals surface area contributed by atoms with E-state index in [1.165, 1.54) is 0 Å². The maximum absolute atomic E-state index is 10.7. The summed E-state index contributed by atoms with van der Waals surface area (Å²) in [4.78, 5) is 10.7. The predicted octanol–water partition coefficient (Wildman–Crippen LogP) is 2.11. The molecule has 0 saturated heterocycles. The Morgan fingerprint density at radius 2 is 2.12 bits per heavy atom. The zero-order chi connectivity index (χ0) is 12.0. The smallest absolute Gasteiger partial charge is 0.406 e. The fourth-order valence-corrected chi connectivity index (χ4v) is 1.40. The van der Waals surface area contributed by atoms with Gasteiger partial charge in [-0.25, -0.2) is 4.79 Å². The van der Waals surface area contributed by atoms with Crippen LogP contribution in [-0.2, 0) is 11.2 Å². The quantitative estimate of drug-likeness (QED) is 0.785. The van der Waals surface area contributed by atoms with Crippen molar-refractivity contribution in [2.45, 2.75) is 25.4 Å². The second-order valence-electron chi connectivity index (χ2n) is 3.78. The van der Waals surface area contributed by atoms with Crippen LogP contribution in [0.4, 0.5) is 4.79 Å². The fraction of sp³-hybridized carbons (Fsp3) is 0.308. The van der Waals surface area contributed by atoms with E-state index in [2.05, 4.69) is 5.92 Å². The largest absolute Gasteiger partial charge is 0.430 e. The number of hydrogen-bond acceptors (Lipinski definition) is 2. The van der Waals surface area contributed by atoms with E-state index in [9.17, 15) is 4.79 Å². The van der Waals surface area contributed by atoms with Gasteiger partial charge in [0.05, 0.1) is 0 Å². The number of primary amides is 1. The summed E-state index contributed by atoms with van der Waals surface area (Å²) in [5.41, 5.74) is 5.19. The fourth-order valence-electron chi connectivity index (χ4n) is 1.40. The number of carbonyl (C=O) groups is 1. The summed E-state index contributed by atoms with van der Waals surface area (Å²) in [5.74, 6) is 2.46. The van der Waals surface area contributed by atoms with Crippen LogP contribution >= 0.6 is 0 Å². The summed E-state index contributed by atoms with van der Waals surface area (Å²) in [6, 6.07) is 9.86. The van der Waals surface area contributed by atoms with Crippen molar-refractivity contribution < 1.29 is 9.53 Å². The van der Waals surface area contributed by atoms with Crippen molar-refractivity contribution in [3.63, 3.8) is 0 Å². The van der Waals surface area contributed by atoms with E-state index in [0.717, 1.165) is 12.0 Å². The first-order valence-electron chi connectivity index (χ1n) is 5.06. The first kappa shape index (κ1) is 12.1. The van der Waals surface area contributed by atoms with Gasteiger partial charge in [0.2, 0.25) is 0 Å². The van der Waals surface area contributed by atoms with Gasteiger partial charge in [0.1, 0.15) is 0 Å². The van der Waals surface area contributed by atoms with Crippen LogP contribution in [0.5, 0.6) is 0 Å². The number of terminal acetylenes is 1. The zero-order valence-corrected chi connectivity index (χ0v) is 9.27. The normalized spacial score (nSPS) is 13.5. The van der Waals surface area contributed by atoms with Gasteiger partial charge in [-0.2, -0.15) is 0 Å². The Morgan fingerprint density at radius 1 is 1.50 bits per heavy atom. The van der Waals surface area contributed by atoms with Crippen LogP contribution in [0, 0.1) is 12.3 Å². The summed E-state index contributed by atoms with van der Waals surface area (Å²) in [6.45, 7) is 1.68. The summed E-state index contributed by atoms with van der Waals surface area (Å²) >= 11 is 0. The third kappa shape index (κ3) is 3.66. The van der Waals surface area contributed by atoms with Gasteiger partial charge in [0, 0.05) is 6.42 Å². The van der Waals surface area contributed by atoms with Crippen LogP contribution in [-0.4, -0.2) is 11.7 Å². The zero-order valence-electron chi connectivity index (χ0n) is 9.27. The van der Waals surface area contributed by atoms with Crippen LogP contribution in [0.3, 0.4) is 0 Å². The minimum Gasteiger partial charge on any atom is -0.430 e. The summed E-state index contributed by atoms with van der Waals surface area (Å²) in [6.07, 6.45) is 5.79. The van der Waals surface area contributed by atoms with E-state index in [1.807, 2.05) is 30.3 Å². The molecule has 0 bridgehead atoms. The standard InChI is InChI=1S/C13H15NO2/c1-3-13(2,16-12(14)15)10-9-11-7-5-4-6-8-11/h1,4-8H,9-10H2,2H3,(H2,14,15). The summed E-state index contributed by atoms with van der Waals surface area (Å²) in [5, 5.41) is 0. The lowest BCUT2D eigenvalue weighted by atomic mass is 9.97. The molecule has 0 radical (unpaired) electrons. The van der Waals surface area contributed by atoms with Crippen LogP contribution in [0.15, 0.2) is 30.3 Å². The minimum absolute atomic E-state index is 0.552. The molecule has 3 heteroatoms. The number of carbonyl (C=O) groups excluding carboxylic acids is 1. The van der Waals surface area contributed by atoms with Gasteiger partial charge in [-0.3, -0.25) is 0 Å². The summed E-state index contributed by atoms with van der Waals surface area (Å²) < 4.78 is 4.91. The maximum Gasteiger partial charge on any atom is 0.406 e. The van der Waals surface area contributed by atoms with Crippen molar-refractivity contribution in [1.82, 2.24) is 0 Å². The topological polar surface area (TPSA) is 52.3 Å². The van der Waals surface area contributed by atoms with Crippen LogP contribution < -0.4 is 5.73 Å². The van der Waals surface area contributed by atoms with E-state index in [1.54, 1.807) is 6.92 Å². The highest BCUT2D eigenvalue weighted by atomic mass is 16.6. The van der Waals surface area contributed by atoms with Crippen molar-refractivity contribution in [3.05, 3.63) is 35.9 Å². The van der Waals surface area contributed by atoms with Crippen LogP contribution in [0.1, 0.15) is 18.9 Å². The average Bonchev–Trinajstić information content (AvgIpc) is 2.27. The lowest BCUT2D eigenvalue weighted by Crippen LogP contribution is -2.33. The third-order valence-electron chi connectivity index (χ3n) is 2.36. The molecule has 0 fully saturated rings. The molecule has 2 N–H and O–H groups in total. The number of hydrogen-bond donors (Lipinski definition) is 1. The monoisotopic (exact) mass is 217 g/mol. The Labute approximate surface area is 95.6 Å². The molecule has 3 nitrogen and oxygen atoms in total. The first-order chi connectivity index (χ1) is 7.56. The van der Waals surface area contributed by atoms with Crippen molar-refractivity contribution >= 4 is 6.09 Å². The molecule has 1 amide bonds. The molecule has 0 saturated carbocycles. The number of nitrogens with two attached hydrogens (primary N) is 1. The van der Waals surface area contributed by atoms with E-state index in [-0.39, 0.29) is 0 Å². The van der Waals surface area contributed by atoms with E-state index in [4.69, 9.17) is 16.9 Å². The third-order valence-corrected chi connectivity index (χ3v) is 2.36. The van der Waals surface area contributed by atoms with Gasteiger partial charge >= 0.3 is 6.09 Å². The number of aryl methyl sites for hydroxylation is 1. The van der Waals surface area contributed by atoms with Crippen molar-refractivity contribution in [2.75, 3.05) is 0 Å². The molecule has 1 rings (SSSR count). The number of rotatable bonds is 4. The molecule has 0 aromatic heterocycles. The lowest BCUT2D eigenvalue weighted by molar-refractivity contribution is 0.0681. The Bertz CT molecular complexity index is 394. The molecule has 0 aliphatic carbocycles. The van der Waals surface area contributed by atoms with Gasteiger partial charge in [-0.15, -0.1) is 6.42 Å². The molecule has 1 atom stereocenters. The average molecular weight is 217 g/mol. The van der Waals surface area contributed by atoms with E-state index < -0.39 is 11.7 Å². The molecule has 16 heavy (non-hydrogen) atoms. The van der Waals surface area contributed by atoms with Crippen LogP contribution in [0.25, 0.3) is 0 Å². The maximum atomic E-state index is 10.7. The van der Waals surface area contributed by atoms with Gasteiger partial charge in [-0.05, 0) is 18.9 Å². The van der Waals surface area contributed by atoms with E-state index >= 15 is 0 Å².